The van der Waals surface area contributed by atoms with Gasteiger partial charge in [-0.1, -0.05) is 24.3 Å². The van der Waals surface area contributed by atoms with Crippen LogP contribution in [0.5, 0.6) is 5.75 Å². The van der Waals surface area contributed by atoms with Gasteiger partial charge in [0, 0.05) is 25.3 Å². The minimum absolute atomic E-state index is 0.124. The van der Waals surface area contributed by atoms with E-state index in [1.165, 1.54) is 25.3 Å². The Morgan fingerprint density at radius 1 is 1.20 bits per heavy atom. The van der Waals surface area contributed by atoms with Crippen molar-refractivity contribution in [2.45, 2.75) is 20.1 Å². The minimum atomic E-state index is -0.548. The Bertz CT molecular complexity index is 761. The number of non-ortho nitro benzene ring substituents is 1. The van der Waals surface area contributed by atoms with Crippen LogP contribution in [-0.2, 0) is 17.9 Å². The summed E-state index contributed by atoms with van der Waals surface area (Å²) in [6.07, 6.45) is 0. The first-order chi connectivity index (χ1) is 12.1. The van der Waals surface area contributed by atoms with Crippen LogP contribution in [0, 0.1) is 10.1 Å². The maximum absolute atomic E-state index is 12.5. The first-order valence-corrected chi connectivity index (χ1v) is 7.82. The van der Waals surface area contributed by atoms with Crippen molar-refractivity contribution in [3.63, 3.8) is 0 Å². The van der Waals surface area contributed by atoms with E-state index in [1.807, 2.05) is 31.2 Å². The van der Waals surface area contributed by atoms with Gasteiger partial charge < -0.3 is 14.8 Å². The zero-order valence-electron chi connectivity index (χ0n) is 14.2. The van der Waals surface area contributed by atoms with Gasteiger partial charge in [-0.3, -0.25) is 14.9 Å². The van der Waals surface area contributed by atoms with Gasteiger partial charge in [0.25, 0.3) is 11.6 Å². The van der Waals surface area contributed by atoms with Crippen LogP contribution in [0.4, 0.5) is 5.69 Å². The predicted octanol–water partition coefficient (Wildman–Crippen LogP) is 3.07. The zero-order valence-corrected chi connectivity index (χ0v) is 14.2. The van der Waals surface area contributed by atoms with E-state index < -0.39 is 10.8 Å². The fraction of sp³-hybridized carbons (Fsp3) is 0.278. The molecule has 0 aliphatic rings. The predicted molar refractivity (Wildman–Crippen MR) is 92.6 cm³/mol. The van der Waals surface area contributed by atoms with Crippen molar-refractivity contribution in [1.29, 1.82) is 0 Å². The second-order valence-corrected chi connectivity index (χ2v) is 5.23. The Morgan fingerprint density at radius 3 is 2.56 bits per heavy atom. The van der Waals surface area contributed by atoms with Gasteiger partial charge in [-0.05, 0) is 24.1 Å². The van der Waals surface area contributed by atoms with E-state index in [0.717, 1.165) is 11.1 Å². The molecule has 0 aliphatic carbocycles. The second-order valence-electron chi connectivity index (χ2n) is 5.23. The van der Waals surface area contributed by atoms with Gasteiger partial charge in [-0.15, -0.1) is 0 Å². The molecule has 2 aromatic carbocycles. The molecule has 7 nitrogen and oxygen atoms in total. The van der Waals surface area contributed by atoms with Crippen molar-refractivity contribution in [3.05, 3.63) is 69.3 Å². The van der Waals surface area contributed by atoms with Crippen LogP contribution in [0.1, 0.15) is 28.4 Å². The van der Waals surface area contributed by atoms with E-state index >= 15 is 0 Å². The van der Waals surface area contributed by atoms with Crippen molar-refractivity contribution in [2.75, 3.05) is 13.7 Å². The summed E-state index contributed by atoms with van der Waals surface area (Å²) in [7, 11) is 1.41. The summed E-state index contributed by atoms with van der Waals surface area (Å²) in [5.74, 6) is -0.155. The highest BCUT2D eigenvalue weighted by atomic mass is 16.6. The van der Waals surface area contributed by atoms with Crippen molar-refractivity contribution in [2.24, 2.45) is 0 Å². The van der Waals surface area contributed by atoms with Crippen LogP contribution >= 0.6 is 0 Å². The quantitative estimate of drug-likeness (QED) is 0.587. The molecule has 0 saturated heterocycles. The normalized spacial score (nSPS) is 10.3. The minimum Gasteiger partial charge on any atom is -0.496 e. The lowest BCUT2D eigenvalue weighted by molar-refractivity contribution is -0.384. The van der Waals surface area contributed by atoms with Crippen molar-refractivity contribution >= 4 is 11.6 Å². The third-order valence-corrected chi connectivity index (χ3v) is 3.66. The highest BCUT2D eigenvalue weighted by Crippen LogP contribution is 2.24. The number of hydrogen-bond donors (Lipinski definition) is 1. The third kappa shape index (κ3) is 4.77. The van der Waals surface area contributed by atoms with Gasteiger partial charge in [0.05, 0.1) is 24.2 Å². The highest BCUT2D eigenvalue weighted by Gasteiger charge is 2.17. The fourth-order valence-corrected chi connectivity index (χ4v) is 2.34. The summed E-state index contributed by atoms with van der Waals surface area (Å²) in [6.45, 7) is 3.27. The number of nitrogens with one attached hydrogen (secondary N) is 1. The SMILES string of the molecule is CCOCc1ccccc1CNC(=O)c1cc([N+](=O)[O-])ccc1OC. The van der Waals surface area contributed by atoms with Gasteiger partial charge in [-0.25, -0.2) is 0 Å². The number of ether oxygens (including phenoxy) is 2. The maximum atomic E-state index is 12.5. The number of methoxy groups -OCH3 is 1. The number of carbonyl (C=O) groups excluding carboxylic acids is 1. The summed E-state index contributed by atoms with van der Waals surface area (Å²) >= 11 is 0. The molecule has 0 atom stereocenters. The van der Waals surface area contributed by atoms with E-state index in [-0.39, 0.29) is 23.5 Å². The van der Waals surface area contributed by atoms with Crippen molar-refractivity contribution in [1.82, 2.24) is 5.32 Å². The number of nitro benzene ring substituents is 1. The fourth-order valence-electron chi connectivity index (χ4n) is 2.34. The first kappa shape index (κ1) is 18.4. The topological polar surface area (TPSA) is 90.7 Å². The molecule has 0 radical (unpaired) electrons. The van der Waals surface area contributed by atoms with Crippen LogP contribution in [0.2, 0.25) is 0 Å². The molecule has 0 spiro atoms. The number of nitro groups is 1. The number of nitrogens with zero attached hydrogens (tertiary/aromatic N) is 1. The maximum Gasteiger partial charge on any atom is 0.270 e. The van der Waals surface area contributed by atoms with Gasteiger partial charge in [0.2, 0.25) is 0 Å². The molecule has 132 valence electrons. The zero-order chi connectivity index (χ0) is 18.2. The summed E-state index contributed by atoms with van der Waals surface area (Å²) in [5, 5.41) is 13.7. The molecular weight excluding hydrogens is 324 g/mol. The summed E-state index contributed by atoms with van der Waals surface area (Å²) in [4.78, 5) is 22.8. The molecule has 0 unspecified atom stereocenters. The number of carbonyl (C=O) groups is 1. The van der Waals surface area contributed by atoms with Crippen LogP contribution in [0.3, 0.4) is 0 Å². The van der Waals surface area contributed by atoms with E-state index in [2.05, 4.69) is 5.32 Å². The molecule has 7 heteroatoms. The van der Waals surface area contributed by atoms with Crippen molar-refractivity contribution < 1.29 is 19.2 Å². The van der Waals surface area contributed by atoms with Crippen molar-refractivity contribution in [3.8, 4) is 5.75 Å². The monoisotopic (exact) mass is 344 g/mol. The molecule has 0 bridgehead atoms. The molecule has 0 saturated carbocycles. The van der Waals surface area contributed by atoms with E-state index in [9.17, 15) is 14.9 Å². The van der Waals surface area contributed by atoms with Crippen LogP contribution in [-0.4, -0.2) is 24.5 Å². The molecule has 1 amide bonds. The van der Waals surface area contributed by atoms with Gasteiger partial charge in [-0.2, -0.15) is 0 Å². The Labute approximate surface area is 145 Å². The molecule has 2 aromatic rings. The second kappa shape index (κ2) is 8.79. The van der Waals surface area contributed by atoms with E-state index in [1.54, 1.807) is 0 Å². The molecule has 2 rings (SSSR count). The average Bonchev–Trinajstić information content (AvgIpc) is 2.64. The van der Waals surface area contributed by atoms with Crippen LogP contribution in [0.25, 0.3) is 0 Å². The Balaban J connectivity index is 2.15. The smallest absolute Gasteiger partial charge is 0.270 e. The lowest BCUT2D eigenvalue weighted by atomic mass is 10.1. The molecule has 0 heterocycles. The lowest BCUT2D eigenvalue weighted by Crippen LogP contribution is -2.24. The van der Waals surface area contributed by atoms with Gasteiger partial charge in [0.15, 0.2) is 0 Å². The lowest BCUT2D eigenvalue weighted by Gasteiger charge is -2.12. The number of amides is 1. The first-order valence-electron chi connectivity index (χ1n) is 7.82. The number of hydrogen-bond acceptors (Lipinski definition) is 5. The van der Waals surface area contributed by atoms with Crippen LogP contribution in [0.15, 0.2) is 42.5 Å². The third-order valence-electron chi connectivity index (χ3n) is 3.66. The largest absolute Gasteiger partial charge is 0.496 e. The summed E-state index contributed by atoms with van der Waals surface area (Å²) in [5.41, 5.74) is 1.87. The van der Waals surface area contributed by atoms with Gasteiger partial charge >= 0.3 is 0 Å². The molecule has 1 N–H and O–H groups in total. The molecule has 0 aromatic heterocycles. The van der Waals surface area contributed by atoms with E-state index in [4.69, 9.17) is 9.47 Å². The average molecular weight is 344 g/mol. The molecule has 0 aliphatic heterocycles. The molecule has 25 heavy (non-hydrogen) atoms. The number of benzene rings is 2. The Kier molecular flexibility index (Phi) is 6.47. The standard InChI is InChI=1S/C18H20N2O5/c1-3-25-12-14-7-5-4-6-13(14)11-19-18(21)16-10-15(20(22)23)8-9-17(16)24-2/h4-10H,3,11-12H2,1-2H3,(H,19,21). The summed E-state index contributed by atoms with van der Waals surface area (Å²) < 4.78 is 10.5. The Hall–Kier alpha value is -2.93. The Morgan fingerprint density at radius 2 is 1.92 bits per heavy atom. The highest BCUT2D eigenvalue weighted by molar-refractivity contribution is 5.97. The summed E-state index contributed by atoms with van der Waals surface area (Å²) in [6, 6.07) is 11.5. The molecular formula is C18H20N2O5. The van der Waals surface area contributed by atoms with E-state index in [0.29, 0.717) is 13.2 Å². The molecule has 0 fully saturated rings. The number of rotatable bonds is 8. The van der Waals surface area contributed by atoms with Gasteiger partial charge in [0.1, 0.15) is 5.75 Å². The van der Waals surface area contributed by atoms with Crippen LogP contribution < -0.4 is 10.1 Å².